The van der Waals surface area contributed by atoms with Crippen molar-refractivity contribution in [3.63, 3.8) is 0 Å². The van der Waals surface area contributed by atoms with Crippen molar-refractivity contribution in [1.29, 1.82) is 0 Å². The second kappa shape index (κ2) is 9.06. The van der Waals surface area contributed by atoms with Gasteiger partial charge in [-0.1, -0.05) is 12.5 Å². The van der Waals surface area contributed by atoms with E-state index in [0.29, 0.717) is 6.04 Å². The van der Waals surface area contributed by atoms with E-state index >= 15 is 0 Å². The highest BCUT2D eigenvalue weighted by Gasteiger charge is 2.21. The average molecular weight is 277 g/mol. The zero-order valence-corrected chi connectivity index (χ0v) is 12.6. The highest BCUT2D eigenvalue weighted by atomic mass is 16.5. The van der Waals surface area contributed by atoms with Gasteiger partial charge in [-0.05, 0) is 31.5 Å². The van der Waals surface area contributed by atoms with Crippen molar-refractivity contribution in [2.24, 2.45) is 0 Å². The molecule has 1 atom stereocenters. The maximum atomic E-state index is 5.08. The second-order valence-electron chi connectivity index (χ2n) is 5.45. The predicted octanol–water partition coefficient (Wildman–Crippen LogP) is 1.71. The average Bonchev–Trinajstić information content (AvgIpc) is 2.51. The van der Waals surface area contributed by atoms with E-state index in [-0.39, 0.29) is 0 Å². The Morgan fingerprint density at radius 2 is 2.35 bits per heavy atom. The Morgan fingerprint density at radius 1 is 1.40 bits per heavy atom. The van der Waals surface area contributed by atoms with E-state index in [9.17, 15) is 0 Å². The van der Waals surface area contributed by atoms with E-state index in [2.05, 4.69) is 27.3 Å². The Balaban J connectivity index is 1.74. The number of nitrogens with zero attached hydrogens (tertiary/aromatic N) is 2. The number of likely N-dealkylation sites (tertiary alicyclic amines) is 1. The van der Waals surface area contributed by atoms with E-state index in [4.69, 9.17) is 4.74 Å². The Hall–Kier alpha value is -0.970. The number of pyridine rings is 1. The largest absolute Gasteiger partial charge is 0.383 e. The molecule has 0 aromatic carbocycles. The fourth-order valence-electron chi connectivity index (χ4n) is 2.83. The topological polar surface area (TPSA) is 37.4 Å². The van der Waals surface area contributed by atoms with Crippen LogP contribution < -0.4 is 5.32 Å². The summed E-state index contributed by atoms with van der Waals surface area (Å²) >= 11 is 0. The number of methoxy groups -OCH3 is 1. The van der Waals surface area contributed by atoms with Crippen molar-refractivity contribution in [3.8, 4) is 0 Å². The molecule has 0 amide bonds. The summed E-state index contributed by atoms with van der Waals surface area (Å²) in [5, 5.41) is 3.50. The molecule has 20 heavy (non-hydrogen) atoms. The van der Waals surface area contributed by atoms with Gasteiger partial charge in [0, 0.05) is 51.1 Å². The van der Waals surface area contributed by atoms with Gasteiger partial charge in [0.25, 0.3) is 0 Å². The van der Waals surface area contributed by atoms with Crippen molar-refractivity contribution in [2.45, 2.75) is 31.7 Å². The molecule has 0 bridgehead atoms. The smallest absolute Gasteiger partial charge is 0.0587 e. The molecular formula is C16H27N3O. The molecule has 1 saturated heterocycles. The van der Waals surface area contributed by atoms with Crippen LogP contribution in [0.3, 0.4) is 0 Å². The highest BCUT2D eigenvalue weighted by molar-refractivity contribution is 5.04. The van der Waals surface area contributed by atoms with Crippen LogP contribution in [0.1, 0.15) is 25.0 Å². The van der Waals surface area contributed by atoms with Gasteiger partial charge in [-0.15, -0.1) is 0 Å². The number of hydrogen-bond acceptors (Lipinski definition) is 4. The molecule has 1 aromatic rings. The van der Waals surface area contributed by atoms with Gasteiger partial charge in [0.05, 0.1) is 6.61 Å². The van der Waals surface area contributed by atoms with E-state index < -0.39 is 0 Å². The zero-order chi connectivity index (χ0) is 14.0. The van der Waals surface area contributed by atoms with Gasteiger partial charge < -0.3 is 10.1 Å². The van der Waals surface area contributed by atoms with Gasteiger partial charge in [0.15, 0.2) is 0 Å². The van der Waals surface area contributed by atoms with Crippen LogP contribution in [-0.2, 0) is 11.2 Å². The number of aromatic nitrogens is 1. The van der Waals surface area contributed by atoms with Crippen LogP contribution in [0.2, 0.25) is 0 Å². The van der Waals surface area contributed by atoms with E-state index in [1.165, 1.54) is 31.5 Å². The summed E-state index contributed by atoms with van der Waals surface area (Å²) in [6.07, 6.45) is 6.93. The molecule has 1 aliphatic heterocycles. The lowest BCUT2D eigenvalue weighted by Gasteiger charge is -2.36. The normalized spacial score (nSPS) is 20.1. The Morgan fingerprint density at radius 3 is 3.15 bits per heavy atom. The Labute approximate surface area is 122 Å². The molecule has 112 valence electrons. The molecule has 1 N–H and O–H groups in total. The van der Waals surface area contributed by atoms with Crippen LogP contribution in [0.25, 0.3) is 0 Å². The number of rotatable bonds is 8. The minimum atomic E-state index is 0.671. The molecule has 4 heteroatoms. The SMILES string of the molecule is COCCNCC1CCCCN1CCc1ccccn1. The minimum absolute atomic E-state index is 0.671. The molecule has 0 spiro atoms. The molecule has 4 nitrogen and oxygen atoms in total. The lowest BCUT2D eigenvalue weighted by atomic mass is 10.0. The lowest BCUT2D eigenvalue weighted by Crippen LogP contribution is -2.46. The summed E-state index contributed by atoms with van der Waals surface area (Å²) in [7, 11) is 1.75. The second-order valence-corrected chi connectivity index (χ2v) is 5.45. The number of hydrogen-bond donors (Lipinski definition) is 1. The van der Waals surface area contributed by atoms with Crippen LogP contribution in [0.4, 0.5) is 0 Å². The van der Waals surface area contributed by atoms with Crippen molar-refractivity contribution in [3.05, 3.63) is 30.1 Å². The fraction of sp³-hybridized carbons (Fsp3) is 0.688. The molecule has 1 aromatic heterocycles. The molecule has 0 saturated carbocycles. The van der Waals surface area contributed by atoms with Gasteiger partial charge in [-0.2, -0.15) is 0 Å². The highest BCUT2D eigenvalue weighted by Crippen LogP contribution is 2.16. The molecule has 2 rings (SSSR count). The van der Waals surface area contributed by atoms with Gasteiger partial charge in [0.1, 0.15) is 0 Å². The number of nitrogens with one attached hydrogen (secondary N) is 1. The van der Waals surface area contributed by atoms with E-state index in [1.807, 2.05) is 12.3 Å². The third kappa shape index (κ3) is 5.19. The summed E-state index contributed by atoms with van der Waals surface area (Å²) in [5.74, 6) is 0. The number of ether oxygens (including phenoxy) is 1. The molecule has 1 fully saturated rings. The zero-order valence-electron chi connectivity index (χ0n) is 12.6. The quantitative estimate of drug-likeness (QED) is 0.734. The summed E-state index contributed by atoms with van der Waals surface area (Å²) < 4.78 is 5.08. The van der Waals surface area contributed by atoms with Crippen molar-refractivity contribution < 1.29 is 4.74 Å². The summed E-state index contributed by atoms with van der Waals surface area (Å²) in [5.41, 5.74) is 1.20. The maximum Gasteiger partial charge on any atom is 0.0587 e. The van der Waals surface area contributed by atoms with E-state index in [0.717, 1.165) is 32.7 Å². The predicted molar refractivity (Wildman–Crippen MR) is 81.9 cm³/mol. The van der Waals surface area contributed by atoms with Crippen LogP contribution in [-0.4, -0.2) is 55.8 Å². The van der Waals surface area contributed by atoms with Crippen LogP contribution in [0.15, 0.2) is 24.4 Å². The lowest BCUT2D eigenvalue weighted by molar-refractivity contribution is 0.141. The van der Waals surface area contributed by atoms with Gasteiger partial charge in [-0.25, -0.2) is 0 Å². The van der Waals surface area contributed by atoms with Crippen molar-refractivity contribution in [2.75, 3.05) is 39.9 Å². The van der Waals surface area contributed by atoms with Crippen LogP contribution in [0.5, 0.6) is 0 Å². The van der Waals surface area contributed by atoms with Gasteiger partial charge >= 0.3 is 0 Å². The Kier molecular flexibility index (Phi) is 6.98. The van der Waals surface area contributed by atoms with E-state index in [1.54, 1.807) is 7.11 Å². The molecule has 2 heterocycles. The monoisotopic (exact) mass is 277 g/mol. The van der Waals surface area contributed by atoms with Gasteiger partial charge in [-0.3, -0.25) is 9.88 Å². The van der Waals surface area contributed by atoms with Crippen LogP contribution in [0, 0.1) is 0 Å². The standard InChI is InChI=1S/C16H27N3O/c1-20-13-10-17-14-16-7-3-5-11-19(16)12-8-15-6-2-4-9-18-15/h2,4,6,9,16-17H,3,5,7-8,10-14H2,1H3. The molecule has 1 aliphatic rings. The van der Waals surface area contributed by atoms with Crippen LogP contribution >= 0.6 is 0 Å². The Bertz CT molecular complexity index is 358. The van der Waals surface area contributed by atoms with Crippen molar-refractivity contribution in [1.82, 2.24) is 15.2 Å². The maximum absolute atomic E-state index is 5.08. The first-order valence-electron chi connectivity index (χ1n) is 7.74. The molecule has 1 unspecified atom stereocenters. The summed E-state index contributed by atoms with van der Waals surface area (Å²) in [4.78, 5) is 7.04. The first-order chi connectivity index (χ1) is 9.90. The molecular weight excluding hydrogens is 250 g/mol. The fourth-order valence-corrected chi connectivity index (χ4v) is 2.83. The third-order valence-corrected chi connectivity index (χ3v) is 3.99. The summed E-state index contributed by atoms with van der Waals surface area (Å²) in [6.45, 7) is 5.16. The third-order valence-electron chi connectivity index (χ3n) is 3.99. The summed E-state index contributed by atoms with van der Waals surface area (Å²) in [6, 6.07) is 6.84. The molecule has 0 aliphatic carbocycles. The van der Waals surface area contributed by atoms with Gasteiger partial charge in [0.2, 0.25) is 0 Å². The minimum Gasteiger partial charge on any atom is -0.383 e. The number of piperidine rings is 1. The molecule has 0 radical (unpaired) electrons. The first-order valence-corrected chi connectivity index (χ1v) is 7.74. The van der Waals surface area contributed by atoms with Crippen molar-refractivity contribution >= 4 is 0 Å². The first kappa shape index (κ1) is 15.4.